The molecule has 0 aromatic rings. The van der Waals surface area contributed by atoms with Crippen molar-refractivity contribution in [3.8, 4) is 0 Å². The molecule has 2 unspecified atom stereocenters. The van der Waals surface area contributed by atoms with Gasteiger partial charge in [-0.15, -0.1) is 0 Å². The molecule has 0 saturated carbocycles. The van der Waals surface area contributed by atoms with Gasteiger partial charge in [0.1, 0.15) is 18.4 Å². The second-order valence-electron chi connectivity index (χ2n) is 4.69. The van der Waals surface area contributed by atoms with Gasteiger partial charge < -0.3 is 10.4 Å². The standard InChI is InChI=1S/C14H21NO6S/c1-4-5-6-7-10(2)11(3)14(18)15-12(13(17)8-16)9-22(19,20)21/h4-7,11-12,16H,1,8-9H2,2-3H3,(H,15,18)(H,19,20,21)/b6-5-,10-7-. The number of rotatable bonds is 9. The maximum atomic E-state index is 12.0. The normalized spacial score (nSPS) is 15.4. The summed E-state index contributed by atoms with van der Waals surface area (Å²) in [6.45, 7) is 5.84. The van der Waals surface area contributed by atoms with Gasteiger partial charge in [-0.05, 0) is 13.8 Å². The van der Waals surface area contributed by atoms with Gasteiger partial charge in [0, 0.05) is 0 Å². The molecule has 0 aromatic carbocycles. The molecule has 0 fully saturated rings. The van der Waals surface area contributed by atoms with E-state index in [4.69, 9.17) is 9.66 Å². The number of carbonyl (C=O) groups excluding carboxylic acids is 2. The molecule has 2 atom stereocenters. The van der Waals surface area contributed by atoms with Gasteiger partial charge in [0.25, 0.3) is 10.1 Å². The van der Waals surface area contributed by atoms with Crippen molar-refractivity contribution in [1.82, 2.24) is 5.32 Å². The van der Waals surface area contributed by atoms with Crippen LogP contribution in [0.5, 0.6) is 0 Å². The number of Topliss-reactive ketones (excluding diaryl/α,β-unsaturated/α-hetero) is 1. The molecule has 3 N–H and O–H groups in total. The molecule has 0 saturated heterocycles. The molecule has 0 heterocycles. The van der Waals surface area contributed by atoms with Crippen LogP contribution in [-0.2, 0) is 19.7 Å². The molecule has 0 spiro atoms. The number of nitrogens with one attached hydrogen (secondary N) is 1. The van der Waals surface area contributed by atoms with Crippen LogP contribution in [0, 0.1) is 5.92 Å². The third kappa shape index (κ3) is 7.87. The summed E-state index contributed by atoms with van der Waals surface area (Å²) >= 11 is 0. The van der Waals surface area contributed by atoms with Crippen molar-refractivity contribution in [3.63, 3.8) is 0 Å². The highest BCUT2D eigenvalue weighted by Gasteiger charge is 2.27. The average molecular weight is 331 g/mol. The largest absolute Gasteiger partial charge is 0.388 e. The Morgan fingerprint density at radius 1 is 1.32 bits per heavy atom. The average Bonchev–Trinajstić information content (AvgIpc) is 2.43. The van der Waals surface area contributed by atoms with E-state index in [9.17, 15) is 18.0 Å². The van der Waals surface area contributed by atoms with E-state index in [0.29, 0.717) is 5.57 Å². The van der Waals surface area contributed by atoms with Gasteiger partial charge in [-0.3, -0.25) is 14.1 Å². The zero-order valence-corrected chi connectivity index (χ0v) is 13.3. The summed E-state index contributed by atoms with van der Waals surface area (Å²) in [6.07, 6.45) is 6.60. The van der Waals surface area contributed by atoms with Crippen molar-refractivity contribution in [1.29, 1.82) is 0 Å². The topological polar surface area (TPSA) is 121 Å². The highest BCUT2D eigenvalue weighted by molar-refractivity contribution is 7.85. The number of hydrogen-bond donors (Lipinski definition) is 3. The Balaban J connectivity index is 5.02. The van der Waals surface area contributed by atoms with Gasteiger partial charge in [0.2, 0.25) is 5.91 Å². The first-order valence-corrected chi connectivity index (χ1v) is 8.08. The zero-order valence-electron chi connectivity index (χ0n) is 12.5. The second-order valence-corrected chi connectivity index (χ2v) is 6.18. The third-order valence-electron chi connectivity index (χ3n) is 2.92. The molecule has 1 amide bonds. The van der Waals surface area contributed by atoms with E-state index < -0.39 is 46.1 Å². The lowest BCUT2D eigenvalue weighted by atomic mass is 10.0. The minimum atomic E-state index is -4.47. The fourth-order valence-electron chi connectivity index (χ4n) is 1.47. The van der Waals surface area contributed by atoms with Crippen molar-refractivity contribution < 1.29 is 27.7 Å². The van der Waals surface area contributed by atoms with E-state index in [1.807, 2.05) is 0 Å². The Kier molecular flexibility index (Phi) is 8.54. The van der Waals surface area contributed by atoms with Gasteiger partial charge in [-0.2, -0.15) is 8.42 Å². The molecular formula is C14H21NO6S. The zero-order chi connectivity index (χ0) is 17.3. The smallest absolute Gasteiger partial charge is 0.267 e. The van der Waals surface area contributed by atoms with E-state index in [2.05, 4.69) is 11.9 Å². The first-order valence-electron chi connectivity index (χ1n) is 6.47. The summed E-state index contributed by atoms with van der Waals surface area (Å²) in [5.74, 6) is -3.09. The molecular weight excluding hydrogens is 310 g/mol. The van der Waals surface area contributed by atoms with Gasteiger partial charge in [0.05, 0.1) is 5.92 Å². The van der Waals surface area contributed by atoms with Crippen LogP contribution < -0.4 is 5.32 Å². The van der Waals surface area contributed by atoms with Crippen LogP contribution in [0.4, 0.5) is 0 Å². The predicted octanol–water partition coefficient (Wildman–Crippen LogP) is 0.245. The van der Waals surface area contributed by atoms with Crippen molar-refractivity contribution in [2.45, 2.75) is 19.9 Å². The van der Waals surface area contributed by atoms with E-state index >= 15 is 0 Å². The number of hydrogen-bond acceptors (Lipinski definition) is 5. The first kappa shape index (κ1) is 20.2. The fourth-order valence-corrected chi connectivity index (χ4v) is 2.16. The van der Waals surface area contributed by atoms with Gasteiger partial charge >= 0.3 is 0 Å². The van der Waals surface area contributed by atoms with E-state index in [1.165, 1.54) is 0 Å². The Bertz CT molecular complexity index is 576. The summed E-state index contributed by atoms with van der Waals surface area (Å²) in [6, 6.07) is -1.49. The van der Waals surface area contributed by atoms with E-state index in [0.717, 1.165) is 0 Å². The quantitative estimate of drug-likeness (QED) is 0.411. The van der Waals surface area contributed by atoms with Crippen molar-refractivity contribution in [3.05, 3.63) is 36.5 Å². The molecule has 124 valence electrons. The summed E-state index contributed by atoms with van der Waals surface area (Å²) < 4.78 is 30.5. The molecule has 0 aliphatic rings. The molecule has 0 rings (SSSR count). The molecule has 22 heavy (non-hydrogen) atoms. The minimum Gasteiger partial charge on any atom is -0.388 e. The number of aliphatic hydroxyl groups excluding tert-OH is 1. The van der Waals surface area contributed by atoms with Gasteiger partial charge in [-0.25, -0.2) is 0 Å². The Hall–Kier alpha value is -1.77. The van der Waals surface area contributed by atoms with Crippen LogP contribution in [-0.4, -0.2) is 48.2 Å². The van der Waals surface area contributed by atoms with Crippen molar-refractivity contribution >= 4 is 21.8 Å². The number of amides is 1. The Morgan fingerprint density at radius 3 is 2.36 bits per heavy atom. The summed E-state index contributed by atoms with van der Waals surface area (Å²) in [4.78, 5) is 23.5. The van der Waals surface area contributed by atoms with Crippen LogP contribution in [0.25, 0.3) is 0 Å². The molecule has 7 nitrogen and oxygen atoms in total. The second kappa shape index (κ2) is 9.29. The summed E-state index contributed by atoms with van der Waals surface area (Å²) in [7, 11) is -4.47. The van der Waals surface area contributed by atoms with Crippen LogP contribution in [0.2, 0.25) is 0 Å². The van der Waals surface area contributed by atoms with Crippen molar-refractivity contribution in [2.75, 3.05) is 12.4 Å². The number of allylic oxidation sites excluding steroid dienone is 4. The lowest BCUT2D eigenvalue weighted by molar-refractivity contribution is -0.130. The van der Waals surface area contributed by atoms with Gasteiger partial charge in [-0.1, -0.05) is 36.5 Å². The maximum Gasteiger partial charge on any atom is 0.267 e. The SMILES string of the molecule is C=C/C=C\C=C(\C)C(C)C(=O)NC(CS(=O)(=O)O)C(=O)CO. The number of carbonyl (C=O) groups is 2. The number of ketones is 1. The highest BCUT2D eigenvalue weighted by atomic mass is 32.2. The van der Waals surface area contributed by atoms with Crippen LogP contribution in [0.3, 0.4) is 0 Å². The summed E-state index contributed by atoms with van der Waals surface area (Å²) in [5, 5.41) is 11.0. The van der Waals surface area contributed by atoms with Crippen molar-refractivity contribution in [2.24, 2.45) is 5.92 Å². The van der Waals surface area contributed by atoms with Crippen LogP contribution >= 0.6 is 0 Å². The highest BCUT2D eigenvalue weighted by Crippen LogP contribution is 2.10. The Labute approximate surface area is 130 Å². The minimum absolute atomic E-state index is 0.587. The molecule has 0 aliphatic heterocycles. The fraction of sp³-hybridized carbons (Fsp3) is 0.429. The lowest BCUT2D eigenvalue weighted by Crippen LogP contribution is -2.48. The maximum absolute atomic E-state index is 12.0. The van der Waals surface area contributed by atoms with E-state index in [1.54, 1.807) is 38.2 Å². The molecule has 0 aliphatic carbocycles. The predicted molar refractivity (Wildman–Crippen MR) is 82.7 cm³/mol. The third-order valence-corrected chi connectivity index (χ3v) is 3.68. The molecule has 0 bridgehead atoms. The van der Waals surface area contributed by atoms with E-state index in [-0.39, 0.29) is 0 Å². The molecule has 0 radical (unpaired) electrons. The summed E-state index contributed by atoms with van der Waals surface area (Å²) in [5.41, 5.74) is 0.678. The molecule has 8 heteroatoms. The molecule has 0 aromatic heterocycles. The first-order chi connectivity index (χ1) is 10.1. The Morgan fingerprint density at radius 2 is 1.91 bits per heavy atom. The van der Waals surface area contributed by atoms with Gasteiger partial charge in [0.15, 0.2) is 5.78 Å². The monoisotopic (exact) mass is 331 g/mol. The lowest BCUT2D eigenvalue weighted by Gasteiger charge is -2.18. The van der Waals surface area contributed by atoms with Crippen LogP contribution in [0.15, 0.2) is 36.5 Å². The number of aliphatic hydroxyl groups is 1. The van der Waals surface area contributed by atoms with Crippen LogP contribution in [0.1, 0.15) is 13.8 Å².